The highest BCUT2D eigenvalue weighted by Crippen LogP contribution is 2.24. The number of nitrogens with one attached hydrogen (secondary N) is 1. The van der Waals surface area contributed by atoms with E-state index in [1.807, 2.05) is 30.3 Å². The maximum Gasteiger partial charge on any atom is 0.353 e. The summed E-state index contributed by atoms with van der Waals surface area (Å²) in [6.07, 6.45) is 2.41. The normalized spacial score (nSPS) is 22.1. The summed E-state index contributed by atoms with van der Waals surface area (Å²) in [6.45, 7) is 0.341. The fraction of sp³-hybridized carbons (Fsp3) is 0.467. The zero-order chi connectivity index (χ0) is 15.3. The molecule has 1 atom stereocenters. The van der Waals surface area contributed by atoms with Gasteiger partial charge < -0.3 is 10.2 Å². The average Bonchev–Trinajstić information content (AvgIpc) is 2.83. The number of aliphatic carboxylic acids is 1. The predicted octanol–water partition coefficient (Wildman–Crippen LogP) is 0.909. The van der Waals surface area contributed by atoms with Gasteiger partial charge in [0.15, 0.2) is 0 Å². The summed E-state index contributed by atoms with van der Waals surface area (Å²) in [5.41, 5.74) is 1.68. The van der Waals surface area contributed by atoms with Gasteiger partial charge >= 0.3 is 5.97 Å². The minimum absolute atomic E-state index is 0.118. The van der Waals surface area contributed by atoms with Gasteiger partial charge in [-0.05, 0) is 24.8 Å². The SMILES string of the molecule is O=C(CCCc1ccccc1)NN1CCC[C@@]1(O)C(=O)O. The van der Waals surface area contributed by atoms with Crippen molar-refractivity contribution in [1.82, 2.24) is 10.4 Å². The highest BCUT2D eigenvalue weighted by atomic mass is 16.4. The molecular weight excluding hydrogens is 272 g/mol. The first-order chi connectivity index (χ1) is 10.0. The van der Waals surface area contributed by atoms with Gasteiger partial charge in [-0.1, -0.05) is 30.3 Å². The molecule has 0 radical (unpaired) electrons. The fourth-order valence-electron chi connectivity index (χ4n) is 2.48. The van der Waals surface area contributed by atoms with Crippen molar-refractivity contribution in [2.45, 2.75) is 37.8 Å². The minimum atomic E-state index is -1.98. The summed E-state index contributed by atoms with van der Waals surface area (Å²) in [7, 11) is 0. The molecule has 2 rings (SSSR count). The van der Waals surface area contributed by atoms with Crippen LogP contribution in [-0.4, -0.2) is 39.4 Å². The molecule has 0 unspecified atom stereocenters. The first-order valence-corrected chi connectivity index (χ1v) is 7.09. The van der Waals surface area contributed by atoms with E-state index in [0.717, 1.165) is 17.0 Å². The van der Waals surface area contributed by atoms with Crippen LogP contribution in [0.5, 0.6) is 0 Å². The van der Waals surface area contributed by atoms with Gasteiger partial charge in [0.1, 0.15) is 0 Å². The number of rotatable bonds is 6. The van der Waals surface area contributed by atoms with Gasteiger partial charge in [-0.15, -0.1) is 0 Å². The van der Waals surface area contributed by atoms with Crippen molar-refractivity contribution in [3.05, 3.63) is 35.9 Å². The molecule has 3 N–H and O–H groups in total. The molecule has 1 heterocycles. The van der Waals surface area contributed by atoms with Gasteiger partial charge in [0.25, 0.3) is 0 Å². The quantitative estimate of drug-likeness (QED) is 0.725. The number of carboxylic acid groups (broad SMARTS) is 1. The molecule has 0 bridgehead atoms. The maximum atomic E-state index is 11.8. The van der Waals surface area contributed by atoms with E-state index < -0.39 is 11.7 Å². The van der Waals surface area contributed by atoms with Crippen LogP contribution in [-0.2, 0) is 16.0 Å². The number of hydrazine groups is 1. The first-order valence-electron chi connectivity index (χ1n) is 7.09. The molecule has 0 aliphatic carbocycles. The molecule has 1 aliphatic rings. The van der Waals surface area contributed by atoms with Crippen molar-refractivity contribution in [2.24, 2.45) is 0 Å². The third kappa shape index (κ3) is 3.80. The molecule has 1 amide bonds. The number of hydrogen-bond donors (Lipinski definition) is 3. The molecule has 6 nitrogen and oxygen atoms in total. The van der Waals surface area contributed by atoms with Crippen LogP contribution in [0.4, 0.5) is 0 Å². The van der Waals surface area contributed by atoms with E-state index in [1.54, 1.807) is 0 Å². The molecule has 1 fully saturated rings. The molecule has 21 heavy (non-hydrogen) atoms. The zero-order valence-electron chi connectivity index (χ0n) is 11.8. The molecule has 0 aromatic heterocycles. The Morgan fingerprint density at radius 1 is 1.29 bits per heavy atom. The van der Waals surface area contributed by atoms with E-state index >= 15 is 0 Å². The zero-order valence-corrected chi connectivity index (χ0v) is 11.8. The second kappa shape index (κ2) is 6.69. The van der Waals surface area contributed by atoms with Gasteiger partial charge in [-0.25, -0.2) is 4.79 Å². The van der Waals surface area contributed by atoms with E-state index in [0.29, 0.717) is 25.8 Å². The third-order valence-corrected chi connectivity index (χ3v) is 3.67. The van der Waals surface area contributed by atoms with Crippen LogP contribution in [0.2, 0.25) is 0 Å². The Balaban J connectivity index is 1.78. The lowest BCUT2D eigenvalue weighted by molar-refractivity contribution is -0.183. The number of hydrogen-bond acceptors (Lipinski definition) is 4. The van der Waals surface area contributed by atoms with Crippen molar-refractivity contribution in [1.29, 1.82) is 0 Å². The molecule has 1 aromatic carbocycles. The van der Waals surface area contributed by atoms with E-state index in [9.17, 15) is 14.7 Å². The molecule has 1 saturated heterocycles. The first kappa shape index (κ1) is 15.5. The number of amides is 1. The number of nitrogens with zero attached hydrogens (tertiary/aromatic N) is 1. The lowest BCUT2D eigenvalue weighted by Gasteiger charge is -2.29. The number of carbonyl (C=O) groups excluding carboxylic acids is 1. The smallest absolute Gasteiger partial charge is 0.353 e. The maximum absolute atomic E-state index is 11.8. The Kier molecular flexibility index (Phi) is 4.93. The number of carbonyl (C=O) groups is 2. The predicted molar refractivity (Wildman–Crippen MR) is 76.0 cm³/mol. The largest absolute Gasteiger partial charge is 0.478 e. The van der Waals surface area contributed by atoms with Gasteiger partial charge in [0.05, 0.1) is 0 Å². The Morgan fingerprint density at radius 2 is 2.00 bits per heavy atom. The number of benzene rings is 1. The molecular formula is C15H20N2O4. The Hall–Kier alpha value is -1.92. The Bertz CT molecular complexity index is 506. The molecule has 1 aromatic rings. The summed E-state index contributed by atoms with van der Waals surface area (Å²) in [4.78, 5) is 22.9. The Morgan fingerprint density at radius 3 is 2.67 bits per heavy atom. The van der Waals surface area contributed by atoms with Crippen LogP contribution < -0.4 is 5.43 Å². The summed E-state index contributed by atoms with van der Waals surface area (Å²) in [6, 6.07) is 9.85. The summed E-state index contributed by atoms with van der Waals surface area (Å²) < 4.78 is 0. The lowest BCUT2D eigenvalue weighted by atomic mass is 10.1. The van der Waals surface area contributed by atoms with Crippen LogP contribution in [0.15, 0.2) is 30.3 Å². The van der Waals surface area contributed by atoms with E-state index in [4.69, 9.17) is 5.11 Å². The minimum Gasteiger partial charge on any atom is -0.478 e. The van der Waals surface area contributed by atoms with Crippen LogP contribution in [0.3, 0.4) is 0 Å². The highest BCUT2D eigenvalue weighted by Gasteiger charge is 2.47. The second-order valence-corrected chi connectivity index (χ2v) is 5.25. The van der Waals surface area contributed by atoms with Gasteiger partial charge in [0, 0.05) is 19.4 Å². The monoisotopic (exact) mass is 292 g/mol. The molecule has 0 spiro atoms. The van der Waals surface area contributed by atoms with Gasteiger partial charge in [-0.2, -0.15) is 5.01 Å². The molecule has 0 saturated carbocycles. The van der Waals surface area contributed by atoms with Crippen molar-refractivity contribution >= 4 is 11.9 Å². The lowest BCUT2D eigenvalue weighted by Crippen LogP contribution is -2.57. The van der Waals surface area contributed by atoms with Gasteiger partial charge in [0.2, 0.25) is 11.6 Å². The summed E-state index contributed by atoms with van der Waals surface area (Å²) >= 11 is 0. The average molecular weight is 292 g/mol. The van der Waals surface area contributed by atoms with Crippen molar-refractivity contribution < 1.29 is 19.8 Å². The van der Waals surface area contributed by atoms with Gasteiger partial charge in [-0.3, -0.25) is 10.2 Å². The molecule has 1 aliphatic heterocycles. The number of carboxylic acids is 1. The standard InChI is InChI=1S/C15H20N2O4/c18-13(9-4-8-12-6-2-1-3-7-12)16-17-11-5-10-15(17,21)14(19)20/h1-3,6-7,21H,4-5,8-11H2,(H,16,18)(H,19,20)/t15-/m1/s1. The Labute approximate surface area is 123 Å². The third-order valence-electron chi connectivity index (χ3n) is 3.67. The van der Waals surface area contributed by atoms with Crippen molar-refractivity contribution in [3.63, 3.8) is 0 Å². The fourth-order valence-corrected chi connectivity index (χ4v) is 2.48. The van der Waals surface area contributed by atoms with Crippen LogP contribution >= 0.6 is 0 Å². The van der Waals surface area contributed by atoms with E-state index in [-0.39, 0.29) is 12.3 Å². The van der Waals surface area contributed by atoms with E-state index in [1.165, 1.54) is 0 Å². The van der Waals surface area contributed by atoms with E-state index in [2.05, 4.69) is 5.43 Å². The van der Waals surface area contributed by atoms with Crippen LogP contribution in [0.1, 0.15) is 31.2 Å². The number of aliphatic hydroxyl groups is 1. The summed E-state index contributed by atoms with van der Waals surface area (Å²) in [5, 5.41) is 20.2. The van der Waals surface area contributed by atoms with Crippen LogP contribution in [0.25, 0.3) is 0 Å². The molecule has 114 valence electrons. The number of aryl methyl sites for hydroxylation is 1. The topological polar surface area (TPSA) is 89.9 Å². The summed E-state index contributed by atoms with van der Waals surface area (Å²) in [5.74, 6) is -1.60. The highest BCUT2D eigenvalue weighted by molar-refractivity contribution is 5.79. The second-order valence-electron chi connectivity index (χ2n) is 5.25. The molecule has 6 heteroatoms. The van der Waals surface area contributed by atoms with Crippen LogP contribution in [0, 0.1) is 0 Å². The van der Waals surface area contributed by atoms with Crippen molar-refractivity contribution in [2.75, 3.05) is 6.54 Å². The van der Waals surface area contributed by atoms with Crippen molar-refractivity contribution in [3.8, 4) is 0 Å².